The maximum Gasteiger partial charge on any atom is 0.275 e. The third-order valence-electron chi connectivity index (χ3n) is 5.83. The first kappa shape index (κ1) is 18.8. The molecule has 4 aromatic rings. The molecule has 2 aromatic carbocycles. The van der Waals surface area contributed by atoms with Gasteiger partial charge in [-0.15, -0.1) is 0 Å². The van der Waals surface area contributed by atoms with Crippen molar-refractivity contribution in [2.75, 3.05) is 13.7 Å². The molecule has 2 N–H and O–H groups in total. The van der Waals surface area contributed by atoms with E-state index in [1.54, 1.807) is 7.11 Å². The highest BCUT2D eigenvalue weighted by molar-refractivity contribution is 6.30. The number of fused-ring (bicyclic) bond motifs is 2. The lowest BCUT2D eigenvalue weighted by atomic mass is 9.99. The smallest absolute Gasteiger partial charge is 0.275 e. The van der Waals surface area contributed by atoms with Gasteiger partial charge in [0.1, 0.15) is 5.75 Å². The average molecular weight is 421 g/mol. The number of benzene rings is 2. The summed E-state index contributed by atoms with van der Waals surface area (Å²) < 4.78 is 5.37. The van der Waals surface area contributed by atoms with Crippen LogP contribution in [0, 0.1) is 6.92 Å². The zero-order chi connectivity index (χ0) is 20.8. The first-order valence-electron chi connectivity index (χ1n) is 9.82. The summed E-state index contributed by atoms with van der Waals surface area (Å²) in [6.07, 6.45) is 2.72. The second-order valence-electron chi connectivity index (χ2n) is 7.54. The molecular formula is C23H21ClN4O2. The molecule has 6 nitrogen and oxygen atoms in total. The number of H-pyrrole nitrogens is 2. The largest absolute Gasteiger partial charge is 0.497 e. The van der Waals surface area contributed by atoms with E-state index in [1.807, 2.05) is 60.5 Å². The van der Waals surface area contributed by atoms with E-state index in [4.69, 9.17) is 16.3 Å². The van der Waals surface area contributed by atoms with Crippen LogP contribution >= 0.6 is 11.6 Å². The summed E-state index contributed by atoms with van der Waals surface area (Å²) in [5, 5.41) is 9.02. The summed E-state index contributed by atoms with van der Waals surface area (Å²) in [6.45, 7) is 2.53. The molecule has 0 fully saturated rings. The zero-order valence-electron chi connectivity index (χ0n) is 16.7. The molecule has 1 aliphatic heterocycles. The van der Waals surface area contributed by atoms with E-state index in [1.165, 1.54) is 0 Å². The number of halogens is 1. The molecule has 0 spiro atoms. The highest BCUT2D eigenvalue weighted by Gasteiger charge is 2.41. The SMILES string of the molecule is COc1ccc2[nH]cc(CCN3C(=O)c4n[nH]c(C)c4[C@H]3c3ccc(Cl)cc3)c2c1. The monoisotopic (exact) mass is 420 g/mol. The van der Waals surface area contributed by atoms with Gasteiger partial charge in [-0.05, 0) is 54.8 Å². The molecule has 0 saturated heterocycles. The van der Waals surface area contributed by atoms with Crippen LogP contribution in [0.4, 0.5) is 0 Å². The van der Waals surface area contributed by atoms with Gasteiger partial charge in [-0.1, -0.05) is 23.7 Å². The predicted octanol–water partition coefficient (Wildman–Crippen LogP) is 4.65. The number of hydrogen-bond donors (Lipinski definition) is 2. The predicted molar refractivity (Wildman–Crippen MR) is 116 cm³/mol. The summed E-state index contributed by atoms with van der Waals surface area (Å²) in [6, 6.07) is 13.5. The van der Waals surface area contributed by atoms with Gasteiger partial charge in [-0.25, -0.2) is 0 Å². The molecule has 3 heterocycles. The second kappa shape index (κ2) is 7.22. The van der Waals surface area contributed by atoms with Crippen LogP contribution in [0.1, 0.15) is 38.9 Å². The molecule has 0 unspecified atom stereocenters. The standard InChI is InChI=1S/C23H21ClN4O2/c1-13-20-21(27-26-13)23(29)28(22(20)14-3-5-16(24)6-4-14)10-9-15-12-25-19-8-7-17(30-2)11-18(15)19/h3-8,11-12,22,25H,9-10H2,1-2H3,(H,26,27)/t22-/m1/s1. The molecule has 1 amide bonds. The van der Waals surface area contributed by atoms with Crippen molar-refractivity contribution in [3.63, 3.8) is 0 Å². The van der Waals surface area contributed by atoms with E-state index in [0.717, 1.165) is 45.5 Å². The van der Waals surface area contributed by atoms with Crippen LogP contribution in [0.15, 0.2) is 48.7 Å². The first-order valence-corrected chi connectivity index (χ1v) is 10.2. The normalized spacial score (nSPS) is 15.8. The van der Waals surface area contributed by atoms with Gasteiger partial charge in [0.25, 0.3) is 5.91 Å². The van der Waals surface area contributed by atoms with Crippen LogP contribution in [0.25, 0.3) is 10.9 Å². The van der Waals surface area contributed by atoms with Crippen molar-refractivity contribution >= 4 is 28.4 Å². The van der Waals surface area contributed by atoms with Crippen molar-refractivity contribution < 1.29 is 9.53 Å². The van der Waals surface area contributed by atoms with Gasteiger partial charge < -0.3 is 14.6 Å². The number of nitrogens with one attached hydrogen (secondary N) is 2. The number of aryl methyl sites for hydroxylation is 1. The Kier molecular flexibility index (Phi) is 4.51. The van der Waals surface area contributed by atoms with Gasteiger partial charge in [0.2, 0.25) is 0 Å². The lowest BCUT2D eigenvalue weighted by Gasteiger charge is -2.26. The highest BCUT2D eigenvalue weighted by Crippen LogP contribution is 2.39. The Morgan fingerprint density at radius 2 is 2.00 bits per heavy atom. The Morgan fingerprint density at radius 1 is 1.20 bits per heavy atom. The fraction of sp³-hybridized carbons (Fsp3) is 0.217. The van der Waals surface area contributed by atoms with Gasteiger partial charge in [0.15, 0.2) is 5.69 Å². The molecule has 1 aliphatic rings. The Morgan fingerprint density at radius 3 is 2.77 bits per heavy atom. The van der Waals surface area contributed by atoms with Crippen molar-refractivity contribution in [1.82, 2.24) is 20.1 Å². The summed E-state index contributed by atoms with van der Waals surface area (Å²) in [7, 11) is 1.66. The van der Waals surface area contributed by atoms with Crippen LogP contribution < -0.4 is 4.74 Å². The number of carbonyl (C=O) groups is 1. The highest BCUT2D eigenvalue weighted by atomic mass is 35.5. The number of rotatable bonds is 5. The van der Waals surface area contributed by atoms with Crippen molar-refractivity contribution in [3.8, 4) is 5.75 Å². The fourth-order valence-electron chi connectivity index (χ4n) is 4.30. The molecule has 0 radical (unpaired) electrons. The van der Waals surface area contributed by atoms with E-state index >= 15 is 0 Å². The molecule has 2 aromatic heterocycles. The Hall–Kier alpha value is -3.25. The van der Waals surface area contributed by atoms with Crippen LogP contribution in [0.2, 0.25) is 5.02 Å². The van der Waals surface area contributed by atoms with E-state index in [2.05, 4.69) is 15.2 Å². The van der Waals surface area contributed by atoms with Gasteiger partial charge in [0.05, 0.1) is 13.2 Å². The maximum atomic E-state index is 13.2. The van der Waals surface area contributed by atoms with Gasteiger partial charge in [-0.2, -0.15) is 5.10 Å². The molecule has 7 heteroatoms. The van der Waals surface area contributed by atoms with Crippen molar-refractivity contribution in [1.29, 1.82) is 0 Å². The van der Waals surface area contributed by atoms with E-state index in [-0.39, 0.29) is 11.9 Å². The average Bonchev–Trinajstić information content (AvgIpc) is 3.41. The summed E-state index contributed by atoms with van der Waals surface area (Å²) in [5.41, 5.74) is 5.59. The topological polar surface area (TPSA) is 74.0 Å². The summed E-state index contributed by atoms with van der Waals surface area (Å²) in [4.78, 5) is 18.4. The van der Waals surface area contributed by atoms with Gasteiger partial charge >= 0.3 is 0 Å². The van der Waals surface area contributed by atoms with Crippen molar-refractivity contribution in [2.45, 2.75) is 19.4 Å². The van der Waals surface area contributed by atoms with Crippen LogP contribution in [-0.2, 0) is 6.42 Å². The van der Waals surface area contributed by atoms with E-state index in [0.29, 0.717) is 17.3 Å². The van der Waals surface area contributed by atoms with Gasteiger partial charge in [-0.3, -0.25) is 9.89 Å². The molecule has 152 valence electrons. The lowest BCUT2D eigenvalue weighted by molar-refractivity contribution is 0.0745. The number of methoxy groups -OCH3 is 1. The number of amides is 1. The number of aromatic nitrogens is 3. The second-order valence-corrected chi connectivity index (χ2v) is 7.98. The minimum Gasteiger partial charge on any atom is -0.497 e. The quantitative estimate of drug-likeness (QED) is 0.493. The van der Waals surface area contributed by atoms with E-state index < -0.39 is 0 Å². The van der Waals surface area contributed by atoms with Gasteiger partial charge in [0, 0.05) is 39.9 Å². The third-order valence-corrected chi connectivity index (χ3v) is 6.08. The minimum absolute atomic E-state index is 0.0493. The summed E-state index contributed by atoms with van der Waals surface area (Å²) >= 11 is 6.09. The number of nitrogens with zero attached hydrogens (tertiary/aromatic N) is 2. The van der Waals surface area contributed by atoms with Crippen molar-refractivity contribution in [2.24, 2.45) is 0 Å². The Labute approximate surface area is 178 Å². The van der Waals surface area contributed by atoms with Crippen LogP contribution in [0.3, 0.4) is 0 Å². The molecule has 1 atom stereocenters. The maximum absolute atomic E-state index is 13.2. The Bertz CT molecular complexity index is 1240. The number of carbonyl (C=O) groups excluding carboxylic acids is 1. The van der Waals surface area contributed by atoms with E-state index in [9.17, 15) is 4.79 Å². The molecular weight excluding hydrogens is 400 g/mol. The molecule has 0 aliphatic carbocycles. The third kappa shape index (κ3) is 2.95. The lowest BCUT2D eigenvalue weighted by Crippen LogP contribution is -2.31. The fourth-order valence-corrected chi connectivity index (χ4v) is 4.43. The number of ether oxygens (including phenoxy) is 1. The summed E-state index contributed by atoms with van der Waals surface area (Å²) in [5.74, 6) is 0.766. The minimum atomic E-state index is -0.178. The van der Waals surface area contributed by atoms with Crippen LogP contribution in [0.5, 0.6) is 5.75 Å². The molecule has 0 bridgehead atoms. The number of aromatic amines is 2. The Balaban J connectivity index is 1.48. The van der Waals surface area contributed by atoms with Crippen molar-refractivity contribution in [3.05, 3.63) is 81.8 Å². The first-order chi connectivity index (χ1) is 14.6. The molecule has 5 rings (SSSR count). The molecule has 0 saturated carbocycles. The zero-order valence-corrected chi connectivity index (χ0v) is 17.5. The number of hydrogen-bond acceptors (Lipinski definition) is 3. The van der Waals surface area contributed by atoms with Crippen LogP contribution in [-0.4, -0.2) is 39.6 Å². The molecule has 30 heavy (non-hydrogen) atoms.